The highest BCUT2D eigenvalue weighted by Gasteiger charge is 2.48. The van der Waals surface area contributed by atoms with E-state index in [0.717, 1.165) is 17.8 Å². The molecule has 0 nitrogen and oxygen atoms in total. The first kappa shape index (κ1) is 12.0. The molecule has 0 radical (unpaired) electrons. The molecule has 0 aromatic rings. The van der Waals surface area contributed by atoms with E-state index in [4.69, 9.17) is 0 Å². The maximum atomic E-state index is 3.97. The predicted molar refractivity (Wildman–Crippen MR) is 71.2 cm³/mol. The lowest BCUT2D eigenvalue weighted by atomic mass is 9.58. The Morgan fingerprint density at radius 3 is 2.81 bits per heavy atom. The lowest BCUT2D eigenvalue weighted by molar-refractivity contribution is 0.0699. The van der Waals surface area contributed by atoms with Crippen LogP contribution in [0.4, 0.5) is 0 Å². The Labute approximate surface area is 101 Å². The minimum absolute atomic E-state index is 0.472. The Morgan fingerprint density at radius 2 is 2.19 bits per heavy atom. The molecule has 2 aliphatic rings. The average Bonchev–Trinajstić information content (AvgIpc) is 2.62. The highest BCUT2D eigenvalue weighted by Crippen LogP contribution is 2.57. The summed E-state index contributed by atoms with van der Waals surface area (Å²) in [4.78, 5) is 0. The van der Waals surface area contributed by atoms with Gasteiger partial charge in [0.25, 0.3) is 0 Å². The van der Waals surface area contributed by atoms with E-state index >= 15 is 0 Å². The second-order valence-electron chi connectivity index (χ2n) is 6.32. The molecule has 0 amide bonds. The lowest BCUT2D eigenvalue weighted by Gasteiger charge is -2.47. The third-order valence-electron chi connectivity index (χ3n) is 5.56. The molecule has 0 heteroatoms. The molecule has 0 heterocycles. The maximum absolute atomic E-state index is 3.97. The number of hydrogen-bond donors (Lipinski definition) is 0. The van der Waals surface area contributed by atoms with Gasteiger partial charge in [-0.05, 0) is 48.3 Å². The van der Waals surface area contributed by atoms with Gasteiger partial charge in [-0.25, -0.2) is 0 Å². The third kappa shape index (κ3) is 1.58. The van der Waals surface area contributed by atoms with Crippen LogP contribution in [0.2, 0.25) is 0 Å². The van der Waals surface area contributed by atoms with Crippen molar-refractivity contribution < 1.29 is 0 Å². The zero-order valence-electron chi connectivity index (χ0n) is 11.3. The Hall–Kier alpha value is -0.520. The molecule has 1 saturated carbocycles. The molecule has 0 aromatic carbocycles. The quantitative estimate of drug-likeness (QED) is 0.582. The molecule has 5 atom stereocenters. The second kappa shape index (κ2) is 4.05. The van der Waals surface area contributed by atoms with Gasteiger partial charge >= 0.3 is 0 Å². The van der Waals surface area contributed by atoms with Crippen LogP contribution < -0.4 is 0 Å². The second-order valence-corrected chi connectivity index (χ2v) is 6.32. The minimum Gasteiger partial charge on any atom is -0.102 e. The average molecular weight is 218 g/mol. The Kier molecular flexibility index (Phi) is 3.03. The fourth-order valence-electron chi connectivity index (χ4n) is 4.11. The van der Waals surface area contributed by atoms with Gasteiger partial charge < -0.3 is 0 Å². The smallest absolute Gasteiger partial charge is 0.00488 e. The van der Waals surface area contributed by atoms with Crippen LogP contribution in [0.25, 0.3) is 0 Å². The Morgan fingerprint density at radius 1 is 1.50 bits per heavy atom. The van der Waals surface area contributed by atoms with Crippen molar-refractivity contribution in [3.63, 3.8) is 0 Å². The largest absolute Gasteiger partial charge is 0.102 e. The van der Waals surface area contributed by atoms with Gasteiger partial charge in [0.1, 0.15) is 0 Å². The van der Waals surface area contributed by atoms with Crippen LogP contribution in [0.5, 0.6) is 0 Å². The van der Waals surface area contributed by atoms with Crippen molar-refractivity contribution >= 4 is 0 Å². The monoisotopic (exact) mass is 218 g/mol. The highest BCUT2D eigenvalue weighted by atomic mass is 14.5. The van der Waals surface area contributed by atoms with Crippen molar-refractivity contribution in [1.29, 1.82) is 0 Å². The summed E-state index contributed by atoms with van der Waals surface area (Å²) in [5.74, 6) is 3.23. The first-order chi connectivity index (χ1) is 7.50. The summed E-state index contributed by atoms with van der Waals surface area (Å²) in [5.41, 5.74) is 2.14. The van der Waals surface area contributed by atoms with Crippen molar-refractivity contribution in [1.82, 2.24) is 0 Å². The fourth-order valence-corrected chi connectivity index (χ4v) is 4.11. The van der Waals surface area contributed by atoms with Crippen LogP contribution in [0.15, 0.2) is 24.3 Å². The fraction of sp³-hybridized carbons (Fsp3) is 0.750. The molecule has 0 spiro atoms. The molecule has 2 unspecified atom stereocenters. The number of fused-ring (bicyclic) bond motifs is 1. The molecule has 1 fully saturated rings. The van der Waals surface area contributed by atoms with Crippen LogP contribution >= 0.6 is 0 Å². The summed E-state index contributed by atoms with van der Waals surface area (Å²) < 4.78 is 0. The normalized spacial score (nSPS) is 44.8. The molecule has 0 saturated heterocycles. The van der Waals surface area contributed by atoms with E-state index in [-0.39, 0.29) is 0 Å². The van der Waals surface area contributed by atoms with Gasteiger partial charge in [-0.1, -0.05) is 45.4 Å². The molecular weight excluding hydrogens is 192 g/mol. The van der Waals surface area contributed by atoms with Gasteiger partial charge in [-0.3, -0.25) is 0 Å². The van der Waals surface area contributed by atoms with Crippen molar-refractivity contribution in [2.45, 2.75) is 47.0 Å². The number of rotatable bonds is 2. The van der Waals surface area contributed by atoms with Gasteiger partial charge in [-0.15, -0.1) is 6.58 Å². The summed E-state index contributed by atoms with van der Waals surface area (Å²) in [5, 5.41) is 0. The van der Waals surface area contributed by atoms with Crippen molar-refractivity contribution in [3.8, 4) is 0 Å². The van der Waals surface area contributed by atoms with E-state index in [0.29, 0.717) is 11.3 Å². The SMILES string of the molecule is C=C[C@@H](C)C1=CC[C@H]2C(C)C(C)CC[C@]12C. The van der Waals surface area contributed by atoms with Gasteiger partial charge in [0.2, 0.25) is 0 Å². The molecule has 0 aromatic heterocycles. The topological polar surface area (TPSA) is 0 Å². The van der Waals surface area contributed by atoms with E-state index in [1.807, 2.05) is 0 Å². The van der Waals surface area contributed by atoms with Crippen molar-refractivity contribution in [2.75, 3.05) is 0 Å². The molecule has 2 aliphatic carbocycles. The van der Waals surface area contributed by atoms with E-state index in [9.17, 15) is 0 Å². The zero-order chi connectivity index (χ0) is 11.9. The molecular formula is C16H26. The molecule has 0 aliphatic heterocycles. The predicted octanol–water partition coefficient (Wildman–Crippen LogP) is 4.83. The standard InChI is InChI=1S/C16H26/c1-6-11(2)14-7-8-15-13(4)12(3)9-10-16(14,15)5/h6-7,11-13,15H,1,8-10H2,2-5H3/t11-,12?,13?,15+,16-/m1/s1. The maximum Gasteiger partial charge on any atom is -0.00488 e. The zero-order valence-corrected chi connectivity index (χ0v) is 11.3. The summed E-state index contributed by atoms with van der Waals surface area (Å²) >= 11 is 0. The third-order valence-corrected chi connectivity index (χ3v) is 5.56. The molecule has 16 heavy (non-hydrogen) atoms. The first-order valence-corrected chi connectivity index (χ1v) is 6.83. The van der Waals surface area contributed by atoms with Gasteiger partial charge in [0.05, 0.1) is 0 Å². The lowest BCUT2D eigenvalue weighted by Crippen LogP contribution is -2.38. The molecule has 90 valence electrons. The Balaban J connectivity index is 2.26. The van der Waals surface area contributed by atoms with Gasteiger partial charge in [0.15, 0.2) is 0 Å². The summed E-state index contributed by atoms with van der Waals surface area (Å²) in [6.07, 6.45) is 8.71. The number of hydrogen-bond acceptors (Lipinski definition) is 0. The van der Waals surface area contributed by atoms with Crippen LogP contribution in [0.1, 0.15) is 47.0 Å². The van der Waals surface area contributed by atoms with Crippen LogP contribution in [0, 0.1) is 29.1 Å². The van der Waals surface area contributed by atoms with Crippen LogP contribution in [-0.4, -0.2) is 0 Å². The van der Waals surface area contributed by atoms with E-state index < -0.39 is 0 Å². The van der Waals surface area contributed by atoms with Crippen LogP contribution in [-0.2, 0) is 0 Å². The molecule has 2 rings (SSSR count). The summed E-state index contributed by atoms with van der Waals surface area (Å²) in [6, 6.07) is 0. The first-order valence-electron chi connectivity index (χ1n) is 6.83. The summed E-state index contributed by atoms with van der Waals surface area (Å²) in [6.45, 7) is 13.7. The number of allylic oxidation sites excluding steroid dienone is 3. The highest BCUT2D eigenvalue weighted by molar-refractivity contribution is 5.28. The molecule has 0 N–H and O–H groups in total. The Bertz CT molecular complexity index is 312. The van der Waals surface area contributed by atoms with E-state index in [1.54, 1.807) is 5.57 Å². The van der Waals surface area contributed by atoms with E-state index in [2.05, 4.69) is 46.4 Å². The van der Waals surface area contributed by atoms with Crippen molar-refractivity contribution in [2.24, 2.45) is 29.1 Å². The van der Waals surface area contributed by atoms with E-state index in [1.165, 1.54) is 19.3 Å². The van der Waals surface area contributed by atoms with Crippen molar-refractivity contribution in [3.05, 3.63) is 24.3 Å². The minimum atomic E-state index is 0.472. The van der Waals surface area contributed by atoms with Crippen LogP contribution in [0.3, 0.4) is 0 Å². The molecule has 0 bridgehead atoms. The van der Waals surface area contributed by atoms with Gasteiger partial charge in [-0.2, -0.15) is 0 Å². The van der Waals surface area contributed by atoms with Gasteiger partial charge in [0, 0.05) is 0 Å². The summed E-state index contributed by atoms with van der Waals surface area (Å²) in [7, 11) is 0.